The Bertz CT molecular complexity index is 117. The molecule has 3 nitrogen and oxygen atoms in total. The van der Waals surface area contributed by atoms with E-state index in [1.807, 2.05) is 0 Å². The molecule has 0 fully saturated rings. The summed E-state index contributed by atoms with van der Waals surface area (Å²) in [6.07, 6.45) is 1.79. The molecule has 0 saturated heterocycles. The van der Waals surface area contributed by atoms with E-state index in [2.05, 4.69) is 11.8 Å². The number of hydrogen-bond donors (Lipinski definition) is 1. The summed E-state index contributed by atoms with van der Waals surface area (Å²) in [5.74, 6) is 0.458. The summed E-state index contributed by atoms with van der Waals surface area (Å²) in [5, 5.41) is 7.76. The molecule has 3 heteroatoms. The van der Waals surface area contributed by atoms with E-state index in [0.717, 1.165) is 0 Å². The van der Waals surface area contributed by atoms with Gasteiger partial charge in [-0.25, -0.2) is 4.79 Å². The smallest absolute Gasteiger partial charge is 0.385 e. The number of carboxylic acid groups (broad SMARTS) is 1. The van der Waals surface area contributed by atoms with E-state index in [-0.39, 0.29) is 0 Å². The molecule has 1 N–H and O–H groups in total. The van der Waals surface area contributed by atoms with Gasteiger partial charge in [-0.2, -0.15) is 0 Å². The molecule has 0 atom stereocenters. The molecular formula is C4H3O3. The zero-order valence-corrected chi connectivity index (χ0v) is 3.47. The van der Waals surface area contributed by atoms with Gasteiger partial charge in [-0.15, -0.1) is 0 Å². The molecule has 0 amide bonds. The van der Waals surface area contributed by atoms with Crippen molar-refractivity contribution >= 4 is 5.97 Å². The Kier molecular flexibility index (Phi) is 2.53. The standard InChI is InChI=1S/C4H3O3/c1-7-3-2-4(5)6/h1H2,(H,5,6). The van der Waals surface area contributed by atoms with Gasteiger partial charge < -0.3 is 9.84 Å². The molecule has 0 spiro atoms. The zero-order valence-electron chi connectivity index (χ0n) is 3.47. The zero-order chi connectivity index (χ0) is 5.70. The molecule has 0 aromatic rings. The average Bonchev–Trinajstić information content (AvgIpc) is 1.61. The third-order valence-electron chi connectivity index (χ3n) is 0.230. The van der Waals surface area contributed by atoms with Crippen LogP contribution in [0.2, 0.25) is 0 Å². The average molecular weight is 99.1 g/mol. The molecular weight excluding hydrogens is 96.0 g/mol. The molecule has 7 heavy (non-hydrogen) atoms. The van der Waals surface area contributed by atoms with Crippen LogP contribution in [-0.4, -0.2) is 11.1 Å². The van der Waals surface area contributed by atoms with Crippen LogP contribution in [0.4, 0.5) is 0 Å². The van der Waals surface area contributed by atoms with E-state index in [0.29, 0.717) is 0 Å². The van der Waals surface area contributed by atoms with Crippen molar-refractivity contribution in [3.05, 3.63) is 7.11 Å². The van der Waals surface area contributed by atoms with Gasteiger partial charge in [0.1, 0.15) is 13.2 Å². The van der Waals surface area contributed by atoms with Crippen molar-refractivity contribution in [1.82, 2.24) is 0 Å². The summed E-state index contributed by atoms with van der Waals surface area (Å²) in [6, 6.07) is 0. The quantitative estimate of drug-likeness (QED) is 0.429. The van der Waals surface area contributed by atoms with Crippen LogP contribution in [0, 0.1) is 19.1 Å². The van der Waals surface area contributed by atoms with Crippen molar-refractivity contribution in [2.75, 3.05) is 0 Å². The summed E-state index contributed by atoms with van der Waals surface area (Å²) in [5.41, 5.74) is 0. The van der Waals surface area contributed by atoms with Crippen LogP contribution in [0.15, 0.2) is 0 Å². The predicted octanol–water partition coefficient (Wildman–Crippen LogP) is -0.160. The van der Waals surface area contributed by atoms with Crippen molar-refractivity contribution in [3.63, 3.8) is 0 Å². The van der Waals surface area contributed by atoms with E-state index >= 15 is 0 Å². The number of rotatable bonds is 0. The molecule has 0 aliphatic carbocycles. The summed E-state index contributed by atoms with van der Waals surface area (Å²) in [7, 11) is 2.82. The fourth-order valence-corrected chi connectivity index (χ4v) is 0.0797. The van der Waals surface area contributed by atoms with Crippen LogP contribution in [0.25, 0.3) is 0 Å². The largest absolute Gasteiger partial charge is 0.472 e. The summed E-state index contributed by atoms with van der Waals surface area (Å²) in [4.78, 5) is 9.48. The second-order valence-electron chi connectivity index (χ2n) is 0.677. The van der Waals surface area contributed by atoms with Crippen LogP contribution in [0.5, 0.6) is 0 Å². The molecule has 0 unspecified atom stereocenters. The highest BCUT2D eigenvalue weighted by molar-refractivity contribution is 5.86. The fourth-order valence-electron chi connectivity index (χ4n) is 0.0797. The van der Waals surface area contributed by atoms with Gasteiger partial charge in [-0.1, -0.05) is 0 Å². The molecule has 37 valence electrons. The maximum atomic E-state index is 9.48. The summed E-state index contributed by atoms with van der Waals surface area (Å²) < 4.78 is 3.86. The van der Waals surface area contributed by atoms with Crippen molar-refractivity contribution in [2.45, 2.75) is 0 Å². The highest BCUT2D eigenvalue weighted by Gasteiger charge is 1.79. The monoisotopic (exact) mass is 99.0 g/mol. The molecule has 0 bridgehead atoms. The number of ether oxygens (including phenoxy) is 1. The molecule has 0 aliphatic heterocycles. The second kappa shape index (κ2) is 3.04. The minimum Gasteiger partial charge on any atom is -0.472 e. The van der Waals surface area contributed by atoms with E-state index in [1.54, 1.807) is 12.0 Å². The Morgan fingerprint density at radius 1 is 1.86 bits per heavy atom. The van der Waals surface area contributed by atoms with Gasteiger partial charge in [0.05, 0.1) is 5.92 Å². The first kappa shape index (κ1) is 5.83. The highest BCUT2D eigenvalue weighted by Crippen LogP contribution is 1.58. The third kappa shape index (κ3) is 4.83. The minimum atomic E-state index is -1.22. The molecule has 0 aliphatic rings. The number of hydrogen-bond acceptors (Lipinski definition) is 2. The van der Waals surface area contributed by atoms with E-state index in [9.17, 15) is 4.79 Å². The summed E-state index contributed by atoms with van der Waals surface area (Å²) >= 11 is 0. The Labute approximate surface area is 40.9 Å². The first-order chi connectivity index (χ1) is 3.27. The van der Waals surface area contributed by atoms with Gasteiger partial charge >= 0.3 is 5.97 Å². The summed E-state index contributed by atoms with van der Waals surface area (Å²) in [6.45, 7) is 0. The lowest BCUT2D eigenvalue weighted by Gasteiger charge is -1.71. The molecule has 0 saturated carbocycles. The van der Waals surface area contributed by atoms with Crippen molar-refractivity contribution in [3.8, 4) is 12.0 Å². The van der Waals surface area contributed by atoms with Crippen LogP contribution >= 0.6 is 0 Å². The molecule has 0 aromatic heterocycles. The second-order valence-corrected chi connectivity index (χ2v) is 0.677. The maximum Gasteiger partial charge on any atom is 0.385 e. The first-order valence-electron chi connectivity index (χ1n) is 1.42. The third-order valence-corrected chi connectivity index (χ3v) is 0.230. The highest BCUT2D eigenvalue weighted by atomic mass is 16.5. The Morgan fingerprint density at radius 2 is 2.43 bits per heavy atom. The topological polar surface area (TPSA) is 46.5 Å². The van der Waals surface area contributed by atoms with Crippen LogP contribution in [-0.2, 0) is 9.53 Å². The number of carboxylic acids is 1. The Morgan fingerprint density at radius 3 is 2.57 bits per heavy atom. The van der Waals surface area contributed by atoms with Crippen molar-refractivity contribution in [2.24, 2.45) is 0 Å². The number of aliphatic carboxylic acids is 1. The lowest BCUT2D eigenvalue weighted by molar-refractivity contribution is -0.130. The Hall–Kier alpha value is -1.17. The molecule has 0 heterocycles. The van der Waals surface area contributed by atoms with Gasteiger partial charge in [-0.3, -0.25) is 0 Å². The van der Waals surface area contributed by atoms with E-state index in [1.165, 1.54) is 0 Å². The fraction of sp³-hybridized carbons (Fsp3) is 0. The van der Waals surface area contributed by atoms with Crippen LogP contribution < -0.4 is 0 Å². The predicted molar refractivity (Wildman–Crippen MR) is 21.9 cm³/mol. The van der Waals surface area contributed by atoms with Crippen LogP contribution in [0.3, 0.4) is 0 Å². The van der Waals surface area contributed by atoms with E-state index < -0.39 is 5.97 Å². The molecule has 0 aromatic carbocycles. The normalized spacial score (nSPS) is 5.86. The maximum absolute atomic E-state index is 9.48. The SMILES string of the molecule is [CH2]OC#CC(=O)O. The lowest BCUT2D eigenvalue weighted by Crippen LogP contribution is -1.86. The van der Waals surface area contributed by atoms with Gasteiger partial charge in [-0.05, 0) is 0 Å². The van der Waals surface area contributed by atoms with Gasteiger partial charge in [0.15, 0.2) is 0 Å². The van der Waals surface area contributed by atoms with Gasteiger partial charge in [0, 0.05) is 0 Å². The van der Waals surface area contributed by atoms with Gasteiger partial charge in [0.25, 0.3) is 0 Å². The molecule has 1 radical (unpaired) electrons. The van der Waals surface area contributed by atoms with Crippen LogP contribution in [0.1, 0.15) is 0 Å². The number of carbonyl (C=O) groups is 1. The van der Waals surface area contributed by atoms with Crippen molar-refractivity contribution in [1.29, 1.82) is 0 Å². The molecule has 0 rings (SSSR count). The lowest BCUT2D eigenvalue weighted by atomic mass is 10.7. The first-order valence-corrected chi connectivity index (χ1v) is 1.42. The van der Waals surface area contributed by atoms with E-state index in [4.69, 9.17) is 5.11 Å². The van der Waals surface area contributed by atoms with Gasteiger partial charge in [0.2, 0.25) is 0 Å². The van der Waals surface area contributed by atoms with Crippen molar-refractivity contribution < 1.29 is 14.6 Å². The minimum absolute atomic E-state index is 1.22. The Balaban J connectivity index is 3.45.